The van der Waals surface area contributed by atoms with E-state index in [4.69, 9.17) is 4.42 Å². The van der Waals surface area contributed by atoms with Crippen LogP contribution in [0.1, 0.15) is 35.5 Å². The average Bonchev–Trinajstić information content (AvgIpc) is 3.18. The van der Waals surface area contributed by atoms with Gasteiger partial charge in [0.1, 0.15) is 17.6 Å². The molecule has 104 valence electrons. The smallest absolute Gasteiger partial charge is 0.133 e. The Morgan fingerprint density at radius 1 is 1.35 bits per heavy atom. The lowest BCUT2D eigenvalue weighted by molar-refractivity contribution is 0.405. The maximum Gasteiger partial charge on any atom is 0.133 e. The largest absolute Gasteiger partial charge is 0.467 e. The molecule has 3 aromatic rings. The van der Waals surface area contributed by atoms with E-state index < -0.39 is 0 Å². The van der Waals surface area contributed by atoms with Gasteiger partial charge in [0.25, 0.3) is 0 Å². The van der Waals surface area contributed by atoms with E-state index in [1.807, 2.05) is 36.1 Å². The quantitative estimate of drug-likeness (QED) is 0.781. The van der Waals surface area contributed by atoms with Crippen molar-refractivity contribution in [2.24, 2.45) is 7.05 Å². The highest BCUT2D eigenvalue weighted by Crippen LogP contribution is 2.26. The van der Waals surface area contributed by atoms with E-state index in [2.05, 4.69) is 34.7 Å². The van der Waals surface area contributed by atoms with Crippen LogP contribution in [0, 0.1) is 0 Å². The molecule has 3 aromatic heterocycles. The fourth-order valence-electron chi connectivity index (χ4n) is 2.26. The summed E-state index contributed by atoms with van der Waals surface area (Å²) in [6.45, 7) is 2.16. The van der Waals surface area contributed by atoms with Gasteiger partial charge in [-0.2, -0.15) is 0 Å². The van der Waals surface area contributed by atoms with Gasteiger partial charge in [0.05, 0.1) is 6.26 Å². The van der Waals surface area contributed by atoms with Crippen LogP contribution in [0.15, 0.2) is 52.7 Å². The molecule has 0 saturated heterocycles. The molecule has 0 aliphatic rings. The molecular formula is C15H17N3OS. The highest BCUT2D eigenvalue weighted by molar-refractivity contribution is 7.10. The first kappa shape index (κ1) is 13.1. The Labute approximate surface area is 122 Å². The van der Waals surface area contributed by atoms with Crippen LogP contribution >= 0.6 is 11.3 Å². The first-order valence-corrected chi connectivity index (χ1v) is 7.43. The minimum Gasteiger partial charge on any atom is -0.467 e. The lowest BCUT2D eigenvalue weighted by Gasteiger charge is -2.21. The van der Waals surface area contributed by atoms with Gasteiger partial charge in [-0.3, -0.25) is 5.32 Å². The second-order valence-corrected chi connectivity index (χ2v) is 5.73. The summed E-state index contributed by atoms with van der Waals surface area (Å²) in [5, 5.41) is 5.69. The Bertz CT molecular complexity index is 643. The Hall–Kier alpha value is -1.85. The van der Waals surface area contributed by atoms with Crippen molar-refractivity contribution < 1.29 is 4.42 Å². The molecule has 0 saturated carbocycles. The van der Waals surface area contributed by atoms with Gasteiger partial charge in [0, 0.05) is 30.4 Å². The molecule has 3 rings (SSSR count). The van der Waals surface area contributed by atoms with Gasteiger partial charge in [-0.05, 0) is 30.5 Å². The molecule has 0 aliphatic heterocycles. The predicted molar refractivity (Wildman–Crippen MR) is 79.6 cm³/mol. The van der Waals surface area contributed by atoms with Gasteiger partial charge in [-0.15, -0.1) is 11.3 Å². The number of aromatic nitrogens is 2. The molecule has 1 unspecified atom stereocenters. The molecule has 5 heteroatoms. The lowest BCUT2D eigenvalue weighted by Crippen LogP contribution is -2.27. The van der Waals surface area contributed by atoms with Gasteiger partial charge in [-0.1, -0.05) is 6.07 Å². The molecule has 0 aliphatic carbocycles. The number of aryl methyl sites for hydroxylation is 1. The summed E-state index contributed by atoms with van der Waals surface area (Å²) in [4.78, 5) is 5.75. The third-order valence-corrected chi connectivity index (χ3v) is 4.39. The van der Waals surface area contributed by atoms with Gasteiger partial charge in [-0.25, -0.2) is 4.98 Å². The minimum absolute atomic E-state index is 0.0536. The van der Waals surface area contributed by atoms with Crippen molar-refractivity contribution in [3.8, 4) is 0 Å². The van der Waals surface area contributed by atoms with Crippen molar-refractivity contribution in [2.75, 3.05) is 0 Å². The summed E-state index contributed by atoms with van der Waals surface area (Å²) >= 11 is 1.75. The first-order chi connectivity index (χ1) is 9.75. The fourth-order valence-corrected chi connectivity index (χ4v) is 3.01. The fraction of sp³-hybridized carbons (Fsp3) is 0.267. The Balaban J connectivity index is 1.89. The SMILES string of the molecule is C[C@@H](NC(c1ccco1)c1nccn1C)c1cccs1. The zero-order valence-corrected chi connectivity index (χ0v) is 12.3. The maximum absolute atomic E-state index is 5.58. The van der Waals surface area contributed by atoms with Gasteiger partial charge in [0.2, 0.25) is 0 Å². The molecule has 0 fully saturated rings. The summed E-state index contributed by atoms with van der Waals surface area (Å²) < 4.78 is 7.60. The molecule has 1 N–H and O–H groups in total. The number of imidazole rings is 1. The van der Waals surface area contributed by atoms with E-state index in [-0.39, 0.29) is 12.1 Å². The Morgan fingerprint density at radius 2 is 2.25 bits per heavy atom. The topological polar surface area (TPSA) is 43.0 Å². The second-order valence-electron chi connectivity index (χ2n) is 4.75. The summed E-state index contributed by atoms with van der Waals surface area (Å²) in [6.07, 6.45) is 5.45. The van der Waals surface area contributed by atoms with Crippen molar-refractivity contribution in [1.29, 1.82) is 0 Å². The lowest BCUT2D eigenvalue weighted by atomic mass is 10.1. The van der Waals surface area contributed by atoms with Crippen molar-refractivity contribution in [2.45, 2.75) is 19.0 Å². The molecule has 2 atom stereocenters. The van der Waals surface area contributed by atoms with Crippen molar-refractivity contribution in [3.05, 3.63) is 64.8 Å². The molecule has 0 spiro atoms. The van der Waals surface area contributed by atoms with E-state index in [9.17, 15) is 0 Å². The van der Waals surface area contributed by atoms with Crippen LogP contribution in [0.4, 0.5) is 0 Å². The standard InChI is InChI=1S/C15H17N3OS/c1-11(13-6-4-10-20-13)17-14(12-5-3-9-19-12)15-16-7-8-18(15)2/h3-11,14,17H,1-2H3/t11-,14?/m1/s1. The summed E-state index contributed by atoms with van der Waals surface area (Å²) in [5.41, 5.74) is 0. The predicted octanol–water partition coefficient (Wildman–Crippen LogP) is 3.51. The van der Waals surface area contributed by atoms with Crippen LogP contribution in [-0.2, 0) is 7.05 Å². The third-order valence-electron chi connectivity index (χ3n) is 3.33. The number of rotatable bonds is 5. The molecule has 3 heterocycles. The molecule has 4 nitrogen and oxygen atoms in total. The van der Waals surface area contributed by atoms with Crippen molar-refractivity contribution >= 4 is 11.3 Å². The number of furan rings is 1. The van der Waals surface area contributed by atoms with E-state index in [0.29, 0.717) is 0 Å². The Morgan fingerprint density at radius 3 is 2.85 bits per heavy atom. The first-order valence-electron chi connectivity index (χ1n) is 6.56. The van der Waals surface area contributed by atoms with Crippen molar-refractivity contribution in [3.63, 3.8) is 0 Å². The second kappa shape index (κ2) is 5.64. The number of nitrogens with one attached hydrogen (secondary N) is 1. The molecule has 0 amide bonds. The van der Waals surface area contributed by atoms with Gasteiger partial charge >= 0.3 is 0 Å². The van der Waals surface area contributed by atoms with E-state index in [1.54, 1.807) is 17.6 Å². The third kappa shape index (κ3) is 2.55. The van der Waals surface area contributed by atoms with Crippen LogP contribution in [-0.4, -0.2) is 9.55 Å². The molecule has 0 radical (unpaired) electrons. The maximum atomic E-state index is 5.58. The zero-order chi connectivity index (χ0) is 13.9. The van der Waals surface area contributed by atoms with Gasteiger partial charge < -0.3 is 8.98 Å². The van der Waals surface area contributed by atoms with Crippen LogP contribution in [0.3, 0.4) is 0 Å². The monoisotopic (exact) mass is 287 g/mol. The number of hydrogen-bond donors (Lipinski definition) is 1. The van der Waals surface area contributed by atoms with Crippen LogP contribution in [0.2, 0.25) is 0 Å². The van der Waals surface area contributed by atoms with Crippen molar-refractivity contribution in [1.82, 2.24) is 14.9 Å². The molecular weight excluding hydrogens is 270 g/mol. The van der Waals surface area contributed by atoms with E-state index in [0.717, 1.165) is 11.6 Å². The highest BCUT2D eigenvalue weighted by Gasteiger charge is 2.23. The normalized spacial score (nSPS) is 14.3. The van der Waals surface area contributed by atoms with E-state index >= 15 is 0 Å². The van der Waals surface area contributed by atoms with Crippen LogP contribution in [0.5, 0.6) is 0 Å². The summed E-state index contributed by atoms with van der Waals surface area (Å²) in [5.74, 6) is 1.83. The highest BCUT2D eigenvalue weighted by atomic mass is 32.1. The number of hydrogen-bond acceptors (Lipinski definition) is 4. The van der Waals surface area contributed by atoms with Crippen LogP contribution < -0.4 is 5.32 Å². The van der Waals surface area contributed by atoms with Gasteiger partial charge in [0.15, 0.2) is 0 Å². The average molecular weight is 287 g/mol. The Kier molecular flexibility index (Phi) is 3.71. The zero-order valence-electron chi connectivity index (χ0n) is 11.5. The molecule has 20 heavy (non-hydrogen) atoms. The summed E-state index contributed by atoms with van der Waals surface area (Å²) in [7, 11) is 2.00. The number of nitrogens with zero attached hydrogens (tertiary/aromatic N) is 2. The summed E-state index contributed by atoms with van der Waals surface area (Å²) in [6, 6.07) is 8.28. The number of thiophene rings is 1. The minimum atomic E-state index is -0.0536. The molecule has 0 bridgehead atoms. The molecule has 0 aromatic carbocycles. The van der Waals surface area contributed by atoms with Crippen LogP contribution in [0.25, 0.3) is 0 Å². The van der Waals surface area contributed by atoms with E-state index in [1.165, 1.54) is 4.88 Å².